The molecule has 0 unspecified atom stereocenters. The number of hydrogen-bond acceptors (Lipinski definition) is 6. The SMILES string of the molecule is CC(C)(C)OC(=O)N(C(=O)OC(C)(C)C)[C@H](CC=O)C(=O)O. The van der Waals surface area contributed by atoms with Crippen LogP contribution in [0.2, 0.25) is 0 Å². The Bertz CT molecular complexity index is 417. The number of imide groups is 1. The number of rotatable bonds is 4. The number of carbonyl (C=O) groups excluding carboxylic acids is 3. The van der Waals surface area contributed by atoms with Gasteiger partial charge in [-0.2, -0.15) is 4.90 Å². The first kappa shape index (κ1) is 19.9. The van der Waals surface area contributed by atoms with E-state index >= 15 is 0 Å². The molecule has 2 amide bonds. The van der Waals surface area contributed by atoms with Crippen molar-refractivity contribution in [2.75, 3.05) is 0 Å². The number of nitrogens with zero attached hydrogens (tertiary/aromatic N) is 1. The Morgan fingerprint density at radius 3 is 1.59 bits per heavy atom. The first-order valence-corrected chi connectivity index (χ1v) is 6.70. The standard InChI is InChI=1S/C14H23NO7/c1-13(2,3)21-11(19)15(9(7-8-16)10(17)18)12(20)22-14(4,5)6/h8-9H,7H2,1-6H3,(H,17,18)/t9-/m1/s1. The fourth-order valence-corrected chi connectivity index (χ4v) is 1.36. The molecule has 8 nitrogen and oxygen atoms in total. The normalized spacial score (nSPS) is 13.0. The van der Waals surface area contributed by atoms with Gasteiger partial charge in [-0.15, -0.1) is 0 Å². The van der Waals surface area contributed by atoms with Gasteiger partial charge >= 0.3 is 18.2 Å². The van der Waals surface area contributed by atoms with Gasteiger partial charge in [0.05, 0.1) is 0 Å². The molecule has 0 bridgehead atoms. The van der Waals surface area contributed by atoms with E-state index in [0.717, 1.165) is 0 Å². The number of aliphatic carboxylic acids is 1. The van der Waals surface area contributed by atoms with Crippen LogP contribution in [0.5, 0.6) is 0 Å². The van der Waals surface area contributed by atoms with Crippen LogP contribution in [0.3, 0.4) is 0 Å². The molecule has 0 saturated heterocycles. The Labute approximate surface area is 129 Å². The highest BCUT2D eigenvalue weighted by atomic mass is 16.6. The van der Waals surface area contributed by atoms with Gasteiger partial charge in [0.25, 0.3) is 0 Å². The van der Waals surface area contributed by atoms with Crippen LogP contribution >= 0.6 is 0 Å². The number of carboxylic acid groups (broad SMARTS) is 1. The fraction of sp³-hybridized carbons (Fsp3) is 0.714. The first-order chi connectivity index (χ1) is 9.78. The highest BCUT2D eigenvalue weighted by Crippen LogP contribution is 2.18. The van der Waals surface area contributed by atoms with Gasteiger partial charge in [0.2, 0.25) is 0 Å². The van der Waals surface area contributed by atoms with Gasteiger partial charge in [-0.25, -0.2) is 14.4 Å². The van der Waals surface area contributed by atoms with Crippen LogP contribution < -0.4 is 0 Å². The van der Waals surface area contributed by atoms with Gasteiger partial charge in [0.1, 0.15) is 17.5 Å². The molecule has 0 aromatic heterocycles. The zero-order valence-electron chi connectivity index (χ0n) is 13.7. The van der Waals surface area contributed by atoms with Gasteiger partial charge in [-0.1, -0.05) is 0 Å². The number of ether oxygens (including phenoxy) is 2. The monoisotopic (exact) mass is 317 g/mol. The van der Waals surface area contributed by atoms with E-state index in [1.165, 1.54) is 0 Å². The molecule has 0 heterocycles. The summed E-state index contributed by atoms with van der Waals surface area (Å²) in [7, 11) is 0. The molecule has 22 heavy (non-hydrogen) atoms. The van der Waals surface area contributed by atoms with Gasteiger partial charge in [-0.05, 0) is 41.5 Å². The lowest BCUT2D eigenvalue weighted by Crippen LogP contribution is -2.52. The summed E-state index contributed by atoms with van der Waals surface area (Å²) in [5.41, 5.74) is -1.89. The van der Waals surface area contributed by atoms with E-state index < -0.39 is 41.8 Å². The quantitative estimate of drug-likeness (QED) is 0.791. The summed E-state index contributed by atoms with van der Waals surface area (Å²) in [5, 5.41) is 9.15. The minimum atomic E-state index is -1.69. The third kappa shape index (κ3) is 7.05. The maximum absolute atomic E-state index is 12.1. The topological polar surface area (TPSA) is 110 Å². The van der Waals surface area contributed by atoms with E-state index in [-0.39, 0.29) is 0 Å². The molecular weight excluding hydrogens is 294 g/mol. The third-order valence-corrected chi connectivity index (χ3v) is 2.10. The Morgan fingerprint density at radius 1 is 1.00 bits per heavy atom. The Hall–Kier alpha value is -2.12. The van der Waals surface area contributed by atoms with Crippen molar-refractivity contribution in [2.24, 2.45) is 0 Å². The summed E-state index contributed by atoms with van der Waals surface area (Å²) in [5.74, 6) is -1.51. The average molecular weight is 317 g/mol. The highest BCUT2D eigenvalue weighted by Gasteiger charge is 2.40. The summed E-state index contributed by atoms with van der Waals surface area (Å²) in [4.78, 5) is 46.5. The fourth-order valence-electron chi connectivity index (χ4n) is 1.36. The van der Waals surface area contributed by atoms with E-state index in [2.05, 4.69) is 0 Å². The second kappa shape index (κ2) is 7.24. The van der Waals surface area contributed by atoms with Gasteiger partial charge in [0.15, 0.2) is 6.04 Å². The van der Waals surface area contributed by atoms with Crippen molar-refractivity contribution in [3.63, 3.8) is 0 Å². The third-order valence-electron chi connectivity index (χ3n) is 2.10. The molecule has 0 aliphatic rings. The van der Waals surface area contributed by atoms with Crippen molar-refractivity contribution in [2.45, 2.75) is 65.2 Å². The summed E-state index contributed by atoms with van der Waals surface area (Å²) in [6, 6.07) is -1.69. The van der Waals surface area contributed by atoms with E-state index in [1.807, 2.05) is 0 Å². The van der Waals surface area contributed by atoms with Gasteiger partial charge in [-0.3, -0.25) is 0 Å². The van der Waals surface area contributed by atoms with Crippen LogP contribution in [0.1, 0.15) is 48.0 Å². The molecule has 0 aromatic carbocycles. The number of amides is 2. The zero-order valence-corrected chi connectivity index (χ0v) is 13.7. The molecule has 0 spiro atoms. The molecule has 0 aliphatic heterocycles. The molecule has 0 fully saturated rings. The van der Waals surface area contributed by atoms with E-state index in [9.17, 15) is 19.2 Å². The van der Waals surface area contributed by atoms with Crippen molar-refractivity contribution >= 4 is 24.4 Å². The van der Waals surface area contributed by atoms with Gasteiger partial charge < -0.3 is 19.4 Å². The number of carbonyl (C=O) groups is 4. The van der Waals surface area contributed by atoms with Crippen LogP contribution in [0.4, 0.5) is 9.59 Å². The lowest BCUT2D eigenvalue weighted by molar-refractivity contribution is -0.144. The van der Waals surface area contributed by atoms with Crippen LogP contribution in [-0.4, -0.2) is 51.7 Å². The molecule has 126 valence electrons. The smallest absolute Gasteiger partial charge is 0.420 e. The van der Waals surface area contributed by atoms with E-state index in [0.29, 0.717) is 11.2 Å². The largest absolute Gasteiger partial charge is 0.480 e. The molecule has 8 heteroatoms. The molecule has 0 aromatic rings. The molecule has 0 saturated carbocycles. The van der Waals surface area contributed by atoms with Crippen LogP contribution in [-0.2, 0) is 19.1 Å². The minimum Gasteiger partial charge on any atom is -0.480 e. The van der Waals surface area contributed by atoms with Crippen molar-refractivity contribution in [1.82, 2.24) is 4.90 Å². The Kier molecular flexibility index (Phi) is 6.54. The summed E-state index contributed by atoms with van der Waals surface area (Å²) < 4.78 is 10.0. The molecule has 1 atom stereocenters. The zero-order chi connectivity index (χ0) is 17.7. The summed E-state index contributed by atoms with van der Waals surface area (Å²) in [6.07, 6.45) is -2.62. The molecular formula is C14H23NO7. The van der Waals surface area contributed by atoms with Crippen LogP contribution in [0.25, 0.3) is 0 Å². The van der Waals surface area contributed by atoms with Crippen molar-refractivity contribution < 1.29 is 33.8 Å². The maximum atomic E-state index is 12.1. The van der Waals surface area contributed by atoms with E-state index in [1.54, 1.807) is 41.5 Å². The number of hydrogen-bond donors (Lipinski definition) is 1. The van der Waals surface area contributed by atoms with E-state index in [4.69, 9.17) is 14.6 Å². The highest BCUT2D eigenvalue weighted by molar-refractivity contribution is 5.94. The summed E-state index contributed by atoms with van der Waals surface area (Å²) in [6.45, 7) is 9.38. The second-order valence-electron chi connectivity index (χ2n) is 6.59. The summed E-state index contributed by atoms with van der Waals surface area (Å²) >= 11 is 0. The van der Waals surface area contributed by atoms with Gasteiger partial charge in [0, 0.05) is 6.42 Å². The molecule has 0 aliphatic carbocycles. The number of aldehydes is 1. The average Bonchev–Trinajstić information content (AvgIpc) is 2.22. The maximum Gasteiger partial charge on any atom is 0.420 e. The van der Waals surface area contributed by atoms with Crippen molar-refractivity contribution in [3.05, 3.63) is 0 Å². The minimum absolute atomic E-state index is 0.306. The first-order valence-electron chi connectivity index (χ1n) is 6.70. The Morgan fingerprint density at radius 2 is 1.36 bits per heavy atom. The number of carboxylic acids is 1. The lowest BCUT2D eigenvalue weighted by atomic mass is 10.2. The predicted molar refractivity (Wildman–Crippen MR) is 76.4 cm³/mol. The molecule has 0 radical (unpaired) electrons. The molecule has 1 N–H and O–H groups in total. The van der Waals surface area contributed by atoms with Crippen molar-refractivity contribution in [3.8, 4) is 0 Å². The second-order valence-corrected chi connectivity index (χ2v) is 6.59. The van der Waals surface area contributed by atoms with Crippen LogP contribution in [0.15, 0.2) is 0 Å². The lowest BCUT2D eigenvalue weighted by Gasteiger charge is -2.31. The molecule has 0 rings (SSSR count). The predicted octanol–water partition coefficient (Wildman–Crippen LogP) is 2.20. The Balaban J connectivity index is 5.55. The van der Waals surface area contributed by atoms with Crippen molar-refractivity contribution in [1.29, 1.82) is 0 Å². The van der Waals surface area contributed by atoms with Crippen LogP contribution in [0, 0.1) is 0 Å².